The molecule has 1 N–H and O–H groups in total. The quantitative estimate of drug-likeness (QED) is 0.337. The largest absolute Gasteiger partial charge is 0.490 e. The van der Waals surface area contributed by atoms with Crippen LogP contribution in [0.4, 0.5) is 0 Å². The van der Waals surface area contributed by atoms with E-state index >= 15 is 0 Å². The fraction of sp³-hybridized carbons (Fsp3) is 0.250. The van der Waals surface area contributed by atoms with Crippen molar-refractivity contribution in [3.8, 4) is 11.5 Å². The molecule has 0 bridgehead atoms. The second-order valence-electron chi connectivity index (χ2n) is 7.21. The molecule has 8 nitrogen and oxygen atoms in total. The van der Waals surface area contributed by atoms with Gasteiger partial charge in [-0.1, -0.05) is 22.0 Å². The molecule has 9 heteroatoms. The van der Waals surface area contributed by atoms with E-state index in [1.54, 1.807) is 37.3 Å². The van der Waals surface area contributed by atoms with Crippen LogP contribution in [-0.4, -0.2) is 39.7 Å². The molecule has 0 saturated heterocycles. The van der Waals surface area contributed by atoms with Gasteiger partial charge in [-0.05, 0) is 63.1 Å². The van der Waals surface area contributed by atoms with E-state index in [-0.39, 0.29) is 5.56 Å². The lowest BCUT2D eigenvalue weighted by Crippen LogP contribution is -2.24. The Morgan fingerprint density at radius 3 is 2.79 bits per heavy atom. The molecule has 0 amide bonds. The fourth-order valence-corrected chi connectivity index (χ4v) is 3.57. The van der Waals surface area contributed by atoms with Crippen LogP contribution in [0.25, 0.3) is 10.9 Å². The summed E-state index contributed by atoms with van der Waals surface area (Å²) in [5.74, 6) is 0.0843. The lowest BCUT2D eigenvalue weighted by atomic mass is 10.1. The Morgan fingerprint density at radius 1 is 1.36 bits per heavy atom. The number of benzene rings is 2. The molecule has 1 heterocycles. The number of hydrogen-bond acceptors (Lipinski definition) is 6. The van der Waals surface area contributed by atoms with Crippen LogP contribution < -0.4 is 15.0 Å². The van der Waals surface area contributed by atoms with Gasteiger partial charge in [-0.3, -0.25) is 4.79 Å². The highest BCUT2D eigenvalue weighted by atomic mass is 79.9. The van der Waals surface area contributed by atoms with Gasteiger partial charge in [0.15, 0.2) is 17.6 Å². The number of aromatic nitrogens is 2. The minimum Gasteiger partial charge on any atom is -0.490 e. The molecular weight excluding hydrogens is 490 g/mol. The van der Waals surface area contributed by atoms with E-state index in [1.165, 1.54) is 17.8 Å². The first-order valence-electron chi connectivity index (χ1n) is 10.3. The molecule has 0 radical (unpaired) electrons. The summed E-state index contributed by atoms with van der Waals surface area (Å²) in [6.45, 7) is 9.10. The summed E-state index contributed by atoms with van der Waals surface area (Å²) in [6.07, 6.45) is 2.58. The Labute approximate surface area is 199 Å². The van der Waals surface area contributed by atoms with Crippen LogP contribution >= 0.6 is 15.9 Å². The van der Waals surface area contributed by atoms with Gasteiger partial charge in [-0.15, -0.1) is 6.58 Å². The smallest absolute Gasteiger partial charge is 0.344 e. The number of nitrogens with zero attached hydrogens (tertiary/aromatic N) is 3. The molecule has 0 unspecified atom stereocenters. The summed E-state index contributed by atoms with van der Waals surface area (Å²) in [4.78, 5) is 28.7. The van der Waals surface area contributed by atoms with Crippen molar-refractivity contribution in [1.82, 2.24) is 9.66 Å². The second-order valence-corrected chi connectivity index (χ2v) is 8.13. The number of halogens is 1. The Bertz CT molecular complexity index is 1300. The highest BCUT2D eigenvalue weighted by molar-refractivity contribution is 9.10. The molecule has 3 aromatic rings. The van der Waals surface area contributed by atoms with E-state index in [0.717, 1.165) is 4.47 Å². The van der Waals surface area contributed by atoms with Crippen molar-refractivity contribution in [3.63, 3.8) is 0 Å². The van der Waals surface area contributed by atoms with Gasteiger partial charge in [-0.25, -0.2) is 9.78 Å². The molecule has 2 aromatic carbocycles. The number of allylic oxidation sites excluding steroid dienone is 1. The van der Waals surface area contributed by atoms with Crippen molar-refractivity contribution in [1.29, 1.82) is 0 Å². The maximum absolute atomic E-state index is 13.0. The lowest BCUT2D eigenvalue weighted by Gasteiger charge is -2.18. The maximum Gasteiger partial charge on any atom is 0.344 e. The Hall–Kier alpha value is -3.46. The monoisotopic (exact) mass is 513 g/mol. The number of aryl methyl sites for hydroxylation is 1. The lowest BCUT2D eigenvalue weighted by molar-refractivity contribution is -0.144. The average molecular weight is 514 g/mol. The molecule has 0 aliphatic heterocycles. The van der Waals surface area contributed by atoms with Crippen molar-refractivity contribution in [2.45, 2.75) is 33.3 Å². The molecule has 0 aliphatic rings. The second kappa shape index (κ2) is 10.4. The van der Waals surface area contributed by atoms with Gasteiger partial charge < -0.3 is 14.6 Å². The van der Waals surface area contributed by atoms with Crippen LogP contribution in [0.1, 0.15) is 30.8 Å². The molecule has 0 aliphatic carbocycles. The van der Waals surface area contributed by atoms with Gasteiger partial charge in [0.2, 0.25) is 0 Å². The molecule has 33 heavy (non-hydrogen) atoms. The zero-order valence-electron chi connectivity index (χ0n) is 18.5. The topological polar surface area (TPSA) is 103 Å². The Balaban J connectivity index is 2.09. The molecule has 1 atom stereocenters. The molecule has 1 aromatic heterocycles. The molecule has 0 spiro atoms. The van der Waals surface area contributed by atoms with Crippen molar-refractivity contribution in [3.05, 3.63) is 74.8 Å². The minimum atomic E-state index is -1.09. The normalized spacial score (nSPS) is 12.1. The molecule has 0 saturated carbocycles. The first-order chi connectivity index (χ1) is 15.7. The maximum atomic E-state index is 13.0. The fourth-order valence-electron chi connectivity index (χ4n) is 3.21. The van der Waals surface area contributed by atoms with Crippen LogP contribution in [0.5, 0.6) is 11.5 Å². The van der Waals surface area contributed by atoms with Gasteiger partial charge in [0, 0.05) is 10.0 Å². The third-order valence-corrected chi connectivity index (χ3v) is 5.25. The number of hydrogen-bond donors (Lipinski definition) is 1. The highest BCUT2D eigenvalue weighted by Gasteiger charge is 2.19. The van der Waals surface area contributed by atoms with Gasteiger partial charge in [0.1, 0.15) is 5.82 Å². The summed E-state index contributed by atoms with van der Waals surface area (Å²) >= 11 is 3.38. The number of rotatable bonds is 9. The zero-order valence-corrected chi connectivity index (χ0v) is 20.1. The van der Waals surface area contributed by atoms with Crippen molar-refractivity contribution < 1.29 is 19.4 Å². The molecule has 3 rings (SSSR count). The van der Waals surface area contributed by atoms with E-state index in [1.807, 2.05) is 13.0 Å². The van der Waals surface area contributed by atoms with Crippen molar-refractivity contribution in [2.24, 2.45) is 5.10 Å². The molecule has 0 fully saturated rings. The number of fused-ring (bicyclic) bond motifs is 1. The number of carboxylic acids is 1. The third-order valence-electron chi connectivity index (χ3n) is 4.75. The minimum absolute atomic E-state index is 0.290. The highest BCUT2D eigenvalue weighted by Crippen LogP contribution is 2.34. The van der Waals surface area contributed by atoms with E-state index in [4.69, 9.17) is 9.47 Å². The van der Waals surface area contributed by atoms with E-state index in [0.29, 0.717) is 52.4 Å². The van der Waals surface area contributed by atoms with Crippen LogP contribution in [0.15, 0.2) is 57.4 Å². The number of aliphatic carboxylic acids is 1. The third kappa shape index (κ3) is 5.48. The number of carbonyl (C=O) groups is 1. The van der Waals surface area contributed by atoms with Crippen molar-refractivity contribution >= 4 is 39.0 Å². The standard InChI is InChI=1S/C24H24BrN3O5/c1-5-7-17-10-16(11-21(32-6-2)22(17)33-14(3)24(30)31)13-26-28-15(4)27-20-9-8-18(25)12-19(20)23(28)29/h5,8-14H,1,6-7H2,2-4H3,(H,30,31)/t14-/m1/s1. The predicted molar refractivity (Wildman–Crippen MR) is 131 cm³/mol. The summed E-state index contributed by atoms with van der Waals surface area (Å²) in [7, 11) is 0. The predicted octanol–water partition coefficient (Wildman–Crippen LogP) is 4.33. The van der Waals surface area contributed by atoms with Gasteiger partial charge >= 0.3 is 5.97 Å². The summed E-state index contributed by atoms with van der Waals surface area (Å²) in [5.41, 5.74) is 1.64. The average Bonchev–Trinajstić information content (AvgIpc) is 2.76. The van der Waals surface area contributed by atoms with Crippen LogP contribution in [0, 0.1) is 6.92 Å². The first kappa shape index (κ1) is 24.2. The van der Waals surface area contributed by atoms with Crippen LogP contribution in [-0.2, 0) is 11.2 Å². The van der Waals surface area contributed by atoms with Crippen LogP contribution in [0.2, 0.25) is 0 Å². The Kier molecular flexibility index (Phi) is 7.65. The van der Waals surface area contributed by atoms with E-state index in [9.17, 15) is 14.7 Å². The van der Waals surface area contributed by atoms with Crippen molar-refractivity contribution in [2.75, 3.05) is 6.61 Å². The van der Waals surface area contributed by atoms with E-state index in [2.05, 4.69) is 32.6 Å². The number of carboxylic acid groups (broad SMARTS) is 1. The van der Waals surface area contributed by atoms with Gasteiger partial charge in [0.05, 0.1) is 23.7 Å². The number of ether oxygens (including phenoxy) is 2. The zero-order chi connectivity index (χ0) is 24.1. The first-order valence-corrected chi connectivity index (χ1v) is 11.1. The Morgan fingerprint density at radius 2 is 2.12 bits per heavy atom. The summed E-state index contributed by atoms with van der Waals surface area (Å²) < 4.78 is 13.4. The summed E-state index contributed by atoms with van der Waals surface area (Å²) in [5, 5.41) is 14.1. The van der Waals surface area contributed by atoms with Gasteiger partial charge in [0.25, 0.3) is 5.56 Å². The van der Waals surface area contributed by atoms with E-state index < -0.39 is 12.1 Å². The van der Waals surface area contributed by atoms with Crippen LogP contribution in [0.3, 0.4) is 0 Å². The molecular formula is C24H24BrN3O5. The molecule has 172 valence electrons. The summed E-state index contributed by atoms with van der Waals surface area (Å²) in [6, 6.07) is 8.79. The van der Waals surface area contributed by atoms with Gasteiger partial charge in [-0.2, -0.15) is 9.78 Å². The SMILES string of the molecule is C=CCc1cc(C=Nn2c(C)nc3ccc(Br)cc3c2=O)cc(OCC)c1O[C@H](C)C(=O)O.